The lowest BCUT2D eigenvalue weighted by Crippen LogP contribution is -2.45. The van der Waals surface area contributed by atoms with Crippen molar-refractivity contribution in [2.24, 2.45) is 0 Å². The summed E-state index contributed by atoms with van der Waals surface area (Å²) in [4.78, 5) is 5.06. The van der Waals surface area contributed by atoms with E-state index in [9.17, 15) is 0 Å². The number of rotatable bonds is 6. The van der Waals surface area contributed by atoms with Crippen molar-refractivity contribution in [1.82, 2.24) is 9.80 Å². The highest BCUT2D eigenvalue weighted by atomic mass is 16.5. The Morgan fingerprint density at radius 3 is 2.28 bits per heavy atom. The Morgan fingerprint density at radius 1 is 0.862 bits per heavy atom. The number of nitrogen functional groups attached to an aromatic ring is 1. The lowest BCUT2D eigenvalue weighted by Gasteiger charge is -2.34. The third-order valence-electron chi connectivity index (χ3n) is 5.66. The van der Waals surface area contributed by atoms with Gasteiger partial charge in [-0.1, -0.05) is 54.6 Å². The van der Waals surface area contributed by atoms with Crippen LogP contribution in [0.15, 0.2) is 66.7 Å². The maximum Gasteiger partial charge on any atom is 0.126 e. The number of hydrogen-bond donors (Lipinski definition) is 1. The van der Waals surface area contributed by atoms with Gasteiger partial charge in [0.2, 0.25) is 0 Å². The van der Waals surface area contributed by atoms with Crippen LogP contribution in [0.25, 0.3) is 16.8 Å². The van der Waals surface area contributed by atoms with Crippen LogP contribution < -0.4 is 10.5 Å². The summed E-state index contributed by atoms with van der Waals surface area (Å²) in [6.07, 6.45) is 4.42. The molecule has 1 aliphatic heterocycles. The zero-order valence-electron chi connectivity index (χ0n) is 17.1. The number of benzene rings is 3. The number of methoxy groups -OCH3 is 1. The smallest absolute Gasteiger partial charge is 0.126 e. The average Bonchev–Trinajstić information content (AvgIpc) is 2.76. The molecule has 0 aliphatic carbocycles. The molecule has 0 aromatic heterocycles. The molecule has 1 saturated heterocycles. The Labute approximate surface area is 173 Å². The first-order chi connectivity index (χ1) is 14.2. The molecule has 1 fully saturated rings. The lowest BCUT2D eigenvalue weighted by molar-refractivity contribution is 0.137. The molecular formula is C25H29N3O. The summed E-state index contributed by atoms with van der Waals surface area (Å²) in [7, 11) is 1.74. The molecule has 1 heterocycles. The minimum atomic E-state index is 0.808. The summed E-state index contributed by atoms with van der Waals surface area (Å²) in [5, 5.41) is 2.49. The maximum atomic E-state index is 5.74. The Hall–Kier alpha value is -2.82. The summed E-state index contributed by atoms with van der Waals surface area (Å²) in [6.45, 7) is 6.36. The van der Waals surface area contributed by atoms with Gasteiger partial charge in [-0.25, -0.2) is 0 Å². The van der Waals surface area contributed by atoms with Gasteiger partial charge >= 0.3 is 0 Å². The molecule has 4 rings (SSSR count). The Balaban J connectivity index is 1.32. The van der Waals surface area contributed by atoms with E-state index in [-0.39, 0.29) is 0 Å². The lowest BCUT2D eigenvalue weighted by atomic mass is 10.0. The van der Waals surface area contributed by atoms with Gasteiger partial charge in [0.1, 0.15) is 5.75 Å². The third-order valence-corrected chi connectivity index (χ3v) is 5.66. The SMILES string of the molecule is COc1ccc(CN2CCN(CC=Cc3ccc(N)cc3)CC2)c2ccccc12. The highest BCUT2D eigenvalue weighted by Gasteiger charge is 2.17. The fourth-order valence-electron chi connectivity index (χ4n) is 3.97. The predicted octanol–water partition coefficient (Wildman–Crippen LogP) is 4.26. The minimum absolute atomic E-state index is 0.808. The van der Waals surface area contributed by atoms with Gasteiger partial charge in [-0.15, -0.1) is 0 Å². The summed E-state index contributed by atoms with van der Waals surface area (Å²) in [5.74, 6) is 0.946. The zero-order valence-corrected chi connectivity index (χ0v) is 17.1. The molecule has 1 aliphatic rings. The second-order valence-electron chi connectivity index (χ2n) is 7.62. The number of nitrogens with zero attached hydrogens (tertiary/aromatic N) is 2. The van der Waals surface area contributed by atoms with Crippen LogP contribution in [-0.2, 0) is 6.54 Å². The monoisotopic (exact) mass is 387 g/mol. The average molecular weight is 388 g/mol. The minimum Gasteiger partial charge on any atom is -0.496 e. The van der Waals surface area contributed by atoms with E-state index in [1.54, 1.807) is 7.11 Å². The van der Waals surface area contributed by atoms with Gasteiger partial charge in [0, 0.05) is 50.3 Å². The number of hydrogen-bond acceptors (Lipinski definition) is 4. The van der Waals surface area contributed by atoms with E-state index < -0.39 is 0 Å². The van der Waals surface area contributed by atoms with Crippen molar-refractivity contribution >= 4 is 22.5 Å². The fourth-order valence-corrected chi connectivity index (χ4v) is 3.97. The first-order valence-electron chi connectivity index (χ1n) is 10.2. The van der Waals surface area contributed by atoms with Gasteiger partial charge in [0.15, 0.2) is 0 Å². The molecule has 4 nitrogen and oxygen atoms in total. The topological polar surface area (TPSA) is 41.7 Å². The molecule has 0 saturated carbocycles. The van der Waals surface area contributed by atoms with Gasteiger partial charge in [-0.3, -0.25) is 9.80 Å². The number of fused-ring (bicyclic) bond motifs is 1. The predicted molar refractivity (Wildman–Crippen MR) is 122 cm³/mol. The summed E-state index contributed by atoms with van der Waals surface area (Å²) < 4.78 is 5.53. The second-order valence-corrected chi connectivity index (χ2v) is 7.62. The summed E-state index contributed by atoms with van der Waals surface area (Å²) in [6, 6.07) is 20.8. The van der Waals surface area contributed by atoms with Crippen LogP contribution in [-0.4, -0.2) is 49.6 Å². The number of anilines is 1. The van der Waals surface area contributed by atoms with E-state index in [4.69, 9.17) is 10.5 Å². The van der Waals surface area contributed by atoms with E-state index in [1.807, 2.05) is 12.1 Å². The molecular weight excluding hydrogens is 358 g/mol. The molecule has 3 aromatic rings. The molecule has 0 atom stereocenters. The zero-order chi connectivity index (χ0) is 20.1. The highest BCUT2D eigenvalue weighted by molar-refractivity contribution is 5.91. The Bertz CT molecular complexity index is 973. The van der Waals surface area contributed by atoms with Crippen LogP contribution >= 0.6 is 0 Å². The molecule has 0 bridgehead atoms. The second kappa shape index (κ2) is 9.12. The van der Waals surface area contributed by atoms with Crippen LogP contribution in [0.4, 0.5) is 5.69 Å². The molecule has 150 valence electrons. The molecule has 4 heteroatoms. The molecule has 0 amide bonds. The van der Waals surface area contributed by atoms with Crippen LogP contribution in [0.1, 0.15) is 11.1 Å². The van der Waals surface area contributed by atoms with Gasteiger partial charge in [-0.2, -0.15) is 0 Å². The van der Waals surface area contributed by atoms with Crippen molar-refractivity contribution in [3.63, 3.8) is 0 Å². The van der Waals surface area contributed by atoms with Crippen molar-refractivity contribution in [2.45, 2.75) is 6.54 Å². The molecule has 2 N–H and O–H groups in total. The van der Waals surface area contributed by atoms with Crippen LogP contribution in [0.3, 0.4) is 0 Å². The first kappa shape index (κ1) is 19.5. The van der Waals surface area contributed by atoms with Crippen molar-refractivity contribution in [3.05, 3.63) is 77.9 Å². The Morgan fingerprint density at radius 2 is 1.55 bits per heavy atom. The van der Waals surface area contributed by atoms with Gasteiger partial charge < -0.3 is 10.5 Å². The van der Waals surface area contributed by atoms with Crippen LogP contribution in [0.5, 0.6) is 5.75 Å². The normalized spacial score (nSPS) is 15.9. The fraction of sp³-hybridized carbons (Fsp3) is 0.280. The van der Waals surface area contributed by atoms with E-state index >= 15 is 0 Å². The standard InChI is InChI=1S/C25H29N3O/c1-29-25-13-10-21(23-6-2-3-7-24(23)25)19-28-17-15-27(16-18-28)14-4-5-20-8-11-22(26)12-9-20/h2-13H,14-19,26H2,1H3. The molecule has 0 spiro atoms. The van der Waals surface area contributed by atoms with Crippen LogP contribution in [0.2, 0.25) is 0 Å². The van der Waals surface area contributed by atoms with E-state index in [0.29, 0.717) is 0 Å². The van der Waals surface area contributed by atoms with Gasteiger partial charge in [-0.05, 0) is 34.7 Å². The van der Waals surface area contributed by atoms with Gasteiger partial charge in [0.05, 0.1) is 7.11 Å². The van der Waals surface area contributed by atoms with Crippen molar-refractivity contribution in [2.75, 3.05) is 45.6 Å². The molecule has 3 aromatic carbocycles. The van der Waals surface area contributed by atoms with Crippen molar-refractivity contribution < 1.29 is 4.74 Å². The third kappa shape index (κ3) is 4.78. The number of piperazine rings is 1. The van der Waals surface area contributed by atoms with Gasteiger partial charge in [0.25, 0.3) is 0 Å². The largest absolute Gasteiger partial charge is 0.496 e. The molecule has 0 radical (unpaired) electrons. The molecule has 29 heavy (non-hydrogen) atoms. The van der Waals surface area contributed by atoms with E-state index in [0.717, 1.165) is 50.7 Å². The van der Waals surface area contributed by atoms with Crippen molar-refractivity contribution in [3.8, 4) is 5.75 Å². The van der Waals surface area contributed by atoms with E-state index in [2.05, 4.69) is 70.5 Å². The number of nitrogens with two attached hydrogens (primary N) is 1. The number of ether oxygens (including phenoxy) is 1. The van der Waals surface area contributed by atoms with Crippen molar-refractivity contribution in [1.29, 1.82) is 0 Å². The summed E-state index contributed by atoms with van der Waals surface area (Å²) >= 11 is 0. The Kier molecular flexibility index (Phi) is 6.13. The van der Waals surface area contributed by atoms with Crippen LogP contribution in [0, 0.1) is 0 Å². The molecule has 0 unspecified atom stereocenters. The maximum absolute atomic E-state index is 5.74. The quantitative estimate of drug-likeness (QED) is 0.642. The van der Waals surface area contributed by atoms with E-state index in [1.165, 1.54) is 21.9 Å². The first-order valence-corrected chi connectivity index (χ1v) is 10.2. The summed E-state index contributed by atoms with van der Waals surface area (Å²) in [5.41, 5.74) is 9.12. The highest BCUT2D eigenvalue weighted by Crippen LogP contribution is 2.29.